The molecule has 0 aliphatic heterocycles. The van der Waals surface area contributed by atoms with Crippen LogP contribution in [0.5, 0.6) is 5.75 Å². The minimum Gasteiger partial charge on any atom is -0.497 e. The molecule has 1 atom stereocenters. The highest BCUT2D eigenvalue weighted by Gasteiger charge is 2.27. The van der Waals surface area contributed by atoms with Crippen molar-refractivity contribution < 1.29 is 9.53 Å². The van der Waals surface area contributed by atoms with Crippen LogP contribution in [0.3, 0.4) is 0 Å². The molecule has 0 bridgehead atoms. The van der Waals surface area contributed by atoms with Crippen molar-refractivity contribution in [1.29, 1.82) is 0 Å². The van der Waals surface area contributed by atoms with Crippen molar-refractivity contribution in [3.63, 3.8) is 0 Å². The highest BCUT2D eigenvalue weighted by atomic mass is 16.5. The quantitative estimate of drug-likeness (QED) is 0.755. The summed E-state index contributed by atoms with van der Waals surface area (Å²) < 4.78 is 6.84. The van der Waals surface area contributed by atoms with Crippen LogP contribution in [0, 0.1) is 6.92 Å². The maximum absolute atomic E-state index is 12.9. The number of methoxy groups -OCH3 is 1. The van der Waals surface area contributed by atoms with Gasteiger partial charge in [0.1, 0.15) is 17.6 Å². The van der Waals surface area contributed by atoms with Gasteiger partial charge >= 0.3 is 0 Å². The van der Waals surface area contributed by atoms with Gasteiger partial charge in [-0.25, -0.2) is 4.68 Å². The monoisotopic (exact) mass is 332 g/mol. The summed E-state index contributed by atoms with van der Waals surface area (Å²) in [6.45, 7) is 3.13. The first-order valence-corrected chi connectivity index (χ1v) is 7.83. The molecule has 24 heavy (non-hydrogen) atoms. The molecule has 1 unspecified atom stereocenters. The van der Waals surface area contributed by atoms with Crippen molar-refractivity contribution in [1.82, 2.24) is 30.4 Å². The zero-order valence-electron chi connectivity index (χ0n) is 14.6. The zero-order valence-corrected chi connectivity index (χ0v) is 14.6. The first-order valence-electron chi connectivity index (χ1n) is 7.83. The fraction of sp³-hybridized carbons (Fsp3) is 0.500. The van der Waals surface area contributed by atoms with E-state index in [1.807, 2.05) is 31.3 Å². The molecule has 0 spiro atoms. The van der Waals surface area contributed by atoms with Crippen LogP contribution in [-0.4, -0.2) is 65.3 Å². The molecule has 1 amide bonds. The smallest absolute Gasteiger partial charge is 0.247 e. The molecule has 0 fully saturated rings. The van der Waals surface area contributed by atoms with Gasteiger partial charge in [-0.2, -0.15) is 0 Å². The Balaban J connectivity index is 2.26. The third-order valence-corrected chi connectivity index (χ3v) is 3.87. The molecule has 0 saturated heterocycles. The Morgan fingerprint density at radius 2 is 2.25 bits per heavy atom. The van der Waals surface area contributed by atoms with Crippen molar-refractivity contribution >= 4 is 5.91 Å². The maximum Gasteiger partial charge on any atom is 0.247 e. The molecule has 1 N–H and O–H groups in total. The van der Waals surface area contributed by atoms with Gasteiger partial charge in [-0.15, -0.1) is 5.10 Å². The fourth-order valence-corrected chi connectivity index (χ4v) is 2.47. The number of ether oxygens (including phenoxy) is 1. The lowest BCUT2D eigenvalue weighted by atomic mass is 10.0. The number of hydrogen-bond donors (Lipinski definition) is 1. The molecule has 0 radical (unpaired) electrons. The van der Waals surface area contributed by atoms with E-state index in [9.17, 15) is 4.79 Å². The molecular formula is C16H24N6O2. The lowest BCUT2D eigenvalue weighted by molar-refractivity contribution is -0.133. The molecule has 1 aromatic heterocycles. The number of carbonyl (C=O) groups excluding carboxylic acids is 1. The molecule has 2 aromatic rings. The van der Waals surface area contributed by atoms with Crippen LogP contribution >= 0.6 is 0 Å². The van der Waals surface area contributed by atoms with E-state index in [0.717, 1.165) is 17.9 Å². The summed E-state index contributed by atoms with van der Waals surface area (Å²) in [6, 6.07) is 7.19. The number of likely N-dealkylation sites (N-methyl/N-ethyl adjacent to an activating group) is 2. The van der Waals surface area contributed by atoms with Crippen LogP contribution in [0.15, 0.2) is 24.3 Å². The molecule has 130 valence electrons. The number of nitrogens with one attached hydrogen (secondary N) is 1. The van der Waals surface area contributed by atoms with E-state index in [-0.39, 0.29) is 5.91 Å². The second kappa shape index (κ2) is 8.39. The Bertz CT molecular complexity index is 672. The summed E-state index contributed by atoms with van der Waals surface area (Å²) in [6.07, 6.45) is 0.492. The second-order valence-electron chi connectivity index (χ2n) is 5.61. The predicted molar refractivity (Wildman–Crippen MR) is 89.9 cm³/mol. The maximum atomic E-state index is 12.9. The molecule has 0 aliphatic rings. The lowest BCUT2D eigenvalue weighted by Gasteiger charge is -2.24. The third kappa shape index (κ3) is 4.29. The van der Waals surface area contributed by atoms with Crippen LogP contribution in [0.25, 0.3) is 0 Å². The normalized spacial score (nSPS) is 12.0. The predicted octanol–water partition coefficient (Wildman–Crippen LogP) is 0.452. The third-order valence-electron chi connectivity index (χ3n) is 3.87. The standard InChI is InChI=1S/C16H24N6O2/c1-12-18-19-20-22(12)15(16(23)21(3)9-8-17-2)11-13-6-5-7-14(10-13)24-4/h5-7,10,15,17H,8-9,11H2,1-4H3. The van der Waals surface area contributed by atoms with Gasteiger partial charge in [0, 0.05) is 26.6 Å². The number of rotatable bonds is 8. The van der Waals surface area contributed by atoms with E-state index in [4.69, 9.17) is 4.74 Å². The first-order chi connectivity index (χ1) is 11.6. The molecule has 8 nitrogen and oxygen atoms in total. The molecule has 0 aliphatic carbocycles. The zero-order chi connectivity index (χ0) is 17.5. The Morgan fingerprint density at radius 1 is 1.46 bits per heavy atom. The number of nitrogens with zero attached hydrogens (tertiary/aromatic N) is 5. The molecule has 1 aromatic carbocycles. The highest BCUT2D eigenvalue weighted by Crippen LogP contribution is 2.20. The van der Waals surface area contributed by atoms with Crippen LogP contribution in [0.1, 0.15) is 17.4 Å². The topological polar surface area (TPSA) is 85.2 Å². The minimum absolute atomic E-state index is 0.0246. The van der Waals surface area contributed by atoms with Crippen molar-refractivity contribution in [3.8, 4) is 5.75 Å². The first kappa shape index (κ1) is 17.9. The summed E-state index contributed by atoms with van der Waals surface area (Å²) in [5, 5.41) is 14.6. The van der Waals surface area contributed by atoms with E-state index in [0.29, 0.717) is 18.8 Å². The number of carbonyl (C=O) groups is 1. The fourth-order valence-electron chi connectivity index (χ4n) is 2.47. The minimum atomic E-state index is -0.492. The molecule has 8 heteroatoms. The SMILES string of the molecule is CNCCN(C)C(=O)C(Cc1cccc(OC)c1)n1nnnc1C. The van der Waals surface area contributed by atoms with Crippen LogP contribution < -0.4 is 10.1 Å². The van der Waals surface area contributed by atoms with Crippen molar-refractivity contribution in [2.24, 2.45) is 0 Å². The number of tetrazole rings is 1. The number of benzene rings is 1. The van der Waals surface area contributed by atoms with E-state index < -0.39 is 6.04 Å². The van der Waals surface area contributed by atoms with Gasteiger partial charge in [0.05, 0.1) is 7.11 Å². The largest absolute Gasteiger partial charge is 0.497 e. The van der Waals surface area contributed by atoms with Gasteiger partial charge in [-0.3, -0.25) is 4.79 Å². The van der Waals surface area contributed by atoms with Crippen molar-refractivity contribution in [2.45, 2.75) is 19.4 Å². The second-order valence-corrected chi connectivity index (χ2v) is 5.61. The molecular weight excluding hydrogens is 308 g/mol. The molecule has 1 heterocycles. The van der Waals surface area contributed by atoms with E-state index >= 15 is 0 Å². The Kier molecular flexibility index (Phi) is 6.25. The summed E-state index contributed by atoms with van der Waals surface area (Å²) in [5.74, 6) is 1.34. The summed E-state index contributed by atoms with van der Waals surface area (Å²) in [7, 11) is 5.27. The Hall–Kier alpha value is -2.48. The molecule has 2 rings (SSSR count). The van der Waals surface area contributed by atoms with Gasteiger partial charge < -0.3 is 15.0 Å². The van der Waals surface area contributed by atoms with Crippen molar-refractivity contribution in [3.05, 3.63) is 35.7 Å². The Morgan fingerprint density at radius 3 is 2.88 bits per heavy atom. The number of aromatic nitrogens is 4. The van der Waals surface area contributed by atoms with E-state index in [2.05, 4.69) is 20.8 Å². The highest BCUT2D eigenvalue weighted by molar-refractivity contribution is 5.80. The van der Waals surface area contributed by atoms with Gasteiger partial charge in [0.15, 0.2) is 0 Å². The average Bonchev–Trinajstić information content (AvgIpc) is 3.02. The Labute approximate surface area is 141 Å². The summed E-state index contributed by atoms with van der Waals surface area (Å²) >= 11 is 0. The lowest BCUT2D eigenvalue weighted by Crippen LogP contribution is -2.39. The summed E-state index contributed by atoms with van der Waals surface area (Å²) in [4.78, 5) is 14.6. The van der Waals surface area contributed by atoms with Crippen LogP contribution in [0.2, 0.25) is 0 Å². The van der Waals surface area contributed by atoms with E-state index in [1.54, 1.807) is 30.7 Å². The number of hydrogen-bond acceptors (Lipinski definition) is 6. The van der Waals surface area contributed by atoms with Gasteiger partial charge in [-0.05, 0) is 42.1 Å². The van der Waals surface area contributed by atoms with Gasteiger partial charge in [-0.1, -0.05) is 12.1 Å². The van der Waals surface area contributed by atoms with Crippen molar-refractivity contribution in [2.75, 3.05) is 34.3 Å². The number of aryl methyl sites for hydroxylation is 1. The van der Waals surface area contributed by atoms with Gasteiger partial charge in [0.25, 0.3) is 0 Å². The van der Waals surface area contributed by atoms with Crippen LogP contribution in [-0.2, 0) is 11.2 Å². The average molecular weight is 332 g/mol. The van der Waals surface area contributed by atoms with Gasteiger partial charge in [0.2, 0.25) is 5.91 Å². The number of amides is 1. The molecule has 0 saturated carbocycles. The van der Waals surface area contributed by atoms with Crippen LogP contribution in [0.4, 0.5) is 0 Å². The van der Waals surface area contributed by atoms with E-state index in [1.165, 1.54) is 0 Å². The summed E-state index contributed by atoms with van der Waals surface area (Å²) in [5.41, 5.74) is 0.990.